The first-order valence-electron chi connectivity index (χ1n) is 12.7. The maximum atomic E-state index is 14.6. The predicted octanol–water partition coefficient (Wildman–Crippen LogP) is 5.56. The monoisotopic (exact) mass is 616 g/mol. The molecule has 0 bridgehead atoms. The summed E-state index contributed by atoms with van der Waals surface area (Å²) in [4.78, 5) is 32.3. The third-order valence-electron chi connectivity index (χ3n) is 6.63. The Morgan fingerprint density at radius 1 is 1.05 bits per heavy atom. The van der Waals surface area contributed by atoms with Crippen LogP contribution in [-0.2, 0) is 16.1 Å². The molecular weight excluding hydrogens is 587 g/mol. The van der Waals surface area contributed by atoms with Gasteiger partial charge in [0, 0.05) is 72.6 Å². The summed E-state index contributed by atoms with van der Waals surface area (Å²) in [5.41, 5.74) is 1.61. The van der Waals surface area contributed by atoms with Crippen LogP contribution in [0.15, 0.2) is 65.1 Å². The molecule has 1 aliphatic heterocycles. The number of ether oxygens (including phenoxy) is 1. The third kappa shape index (κ3) is 8.25. The zero-order valence-corrected chi connectivity index (χ0v) is 24.3. The van der Waals surface area contributed by atoms with Crippen LogP contribution in [0.5, 0.6) is 11.5 Å². The second-order valence-electron chi connectivity index (χ2n) is 9.60. The number of aryl methyl sites for hydroxylation is 1. The number of carbonyl (C=O) groups is 2. The Labute approximate surface area is 241 Å². The van der Waals surface area contributed by atoms with Crippen LogP contribution in [0.3, 0.4) is 0 Å². The number of benzene rings is 3. The molecule has 0 saturated carbocycles. The van der Waals surface area contributed by atoms with E-state index in [1.165, 1.54) is 11.0 Å². The highest BCUT2D eigenvalue weighted by atomic mass is 79.9. The topological polar surface area (TPSA) is 65.1 Å². The highest BCUT2D eigenvalue weighted by molar-refractivity contribution is 9.10. The minimum atomic E-state index is -0.799. The summed E-state index contributed by atoms with van der Waals surface area (Å²) in [6.07, 6.45) is 0. The number of likely N-dealkylation sites (N-methyl/N-ethyl adjacent to an activating group) is 1. The van der Waals surface area contributed by atoms with Crippen LogP contribution in [-0.4, -0.2) is 72.8 Å². The van der Waals surface area contributed by atoms with Crippen molar-refractivity contribution in [2.75, 3.05) is 51.6 Å². The van der Waals surface area contributed by atoms with Crippen LogP contribution >= 0.6 is 27.5 Å². The van der Waals surface area contributed by atoms with Gasteiger partial charge < -0.3 is 19.9 Å². The zero-order valence-electron chi connectivity index (χ0n) is 21.9. The van der Waals surface area contributed by atoms with Crippen molar-refractivity contribution in [1.82, 2.24) is 14.7 Å². The number of carbonyl (C=O) groups excluding carboxylic acids is 2. The van der Waals surface area contributed by atoms with Crippen LogP contribution in [0.1, 0.15) is 11.1 Å². The number of halogens is 3. The summed E-state index contributed by atoms with van der Waals surface area (Å²) in [5, 5.41) is 3.28. The average molecular weight is 618 g/mol. The lowest BCUT2D eigenvalue weighted by Crippen LogP contribution is -2.48. The van der Waals surface area contributed by atoms with Crippen molar-refractivity contribution in [3.05, 3.63) is 87.1 Å². The molecule has 3 aromatic carbocycles. The molecule has 2 amide bonds. The first kappa shape index (κ1) is 29.0. The fourth-order valence-corrected chi connectivity index (χ4v) is 4.65. The lowest BCUT2D eigenvalue weighted by Gasteiger charge is -2.34. The van der Waals surface area contributed by atoms with E-state index in [4.69, 9.17) is 16.3 Å². The van der Waals surface area contributed by atoms with E-state index in [1.54, 1.807) is 54.6 Å². The number of nitrogens with one attached hydrogen (secondary N) is 1. The van der Waals surface area contributed by atoms with Gasteiger partial charge in [-0.3, -0.25) is 14.5 Å². The molecule has 0 aliphatic carbocycles. The van der Waals surface area contributed by atoms with Crippen molar-refractivity contribution < 1.29 is 18.7 Å². The van der Waals surface area contributed by atoms with Crippen molar-refractivity contribution in [3.8, 4) is 11.5 Å². The Kier molecular flexibility index (Phi) is 9.96. The molecule has 0 spiro atoms. The van der Waals surface area contributed by atoms with Crippen LogP contribution in [0.4, 0.5) is 10.1 Å². The van der Waals surface area contributed by atoms with E-state index in [0.717, 1.165) is 31.7 Å². The lowest BCUT2D eigenvalue weighted by molar-refractivity contribution is -0.143. The molecule has 1 aliphatic rings. The minimum Gasteiger partial charge on any atom is -0.457 e. The highest BCUT2D eigenvalue weighted by Crippen LogP contribution is 2.29. The lowest BCUT2D eigenvalue weighted by atomic mass is 10.2. The van der Waals surface area contributed by atoms with Gasteiger partial charge in [-0.05, 0) is 62.0 Å². The van der Waals surface area contributed by atoms with Gasteiger partial charge >= 0.3 is 11.8 Å². The molecule has 1 saturated heterocycles. The Balaban J connectivity index is 1.47. The third-order valence-corrected chi connectivity index (χ3v) is 7.37. The molecule has 0 aromatic heterocycles. The molecule has 0 radical (unpaired) electrons. The maximum Gasteiger partial charge on any atom is 0.313 e. The van der Waals surface area contributed by atoms with E-state index in [1.807, 2.05) is 6.92 Å². The van der Waals surface area contributed by atoms with Crippen LogP contribution in [0.2, 0.25) is 5.02 Å². The van der Waals surface area contributed by atoms with Gasteiger partial charge in [0.25, 0.3) is 0 Å². The van der Waals surface area contributed by atoms with E-state index in [9.17, 15) is 14.0 Å². The number of piperazine rings is 1. The van der Waals surface area contributed by atoms with Gasteiger partial charge in [0.15, 0.2) is 0 Å². The standard InChI is InChI=1S/C29H31BrClFN4O3/c1-20-3-8-24(18-27(20)39-25-9-6-23(31)7-10-25)33-28(37)29(38)36(16-15-35-13-11-34(2)12-14-35)19-21-4-5-22(30)17-26(21)32/h3-10,17-18H,11-16,19H2,1-2H3,(H,33,37). The van der Waals surface area contributed by atoms with Gasteiger partial charge in [0.1, 0.15) is 17.3 Å². The fraction of sp³-hybridized carbons (Fsp3) is 0.310. The molecule has 1 N–H and O–H groups in total. The van der Waals surface area contributed by atoms with Gasteiger partial charge in [-0.15, -0.1) is 0 Å². The summed E-state index contributed by atoms with van der Waals surface area (Å²) >= 11 is 9.22. The molecule has 7 nitrogen and oxygen atoms in total. The van der Waals surface area contributed by atoms with E-state index < -0.39 is 17.6 Å². The second kappa shape index (κ2) is 13.4. The zero-order chi connectivity index (χ0) is 27.9. The first-order valence-corrected chi connectivity index (χ1v) is 13.8. The van der Waals surface area contributed by atoms with Crippen molar-refractivity contribution in [2.24, 2.45) is 0 Å². The van der Waals surface area contributed by atoms with E-state index in [2.05, 4.69) is 38.1 Å². The van der Waals surface area contributed by atoms with E-state index in [0.29, 0.717) is 45.3 Å². The van der Waals surface area contributed by atoms with Gasteiger partial charge in [-0.2, -0.15) is 0 Å². The molecule has 1 heterocycles. The molecule has 3 aromatic rings. The van der Waals surface area contributed by atoms with Gasteiger partial charge in [-0.25, -0.2) is 4.39 Å². The van der Waals surface area contributed by atoms with Crippen molar-refractivity contribution in [2.45, 2.75) is 13.5 Å². The van der Waals surface area contributed by atoms with Crippen molar-refractivity contribution >= 4 is 45.0 Å². The van der Waals surface area contributed by atoms with Gasteiger partial charge in [0.2, 0.25) is 0 Å². The normalized spacial score (nSPS) is 14.2. The summed E-state index contributed by atoms with van der Waals surface area (Å²) in [7, 11) is 2.07. The quantitative estimate of drug-likeness (QED) is 0.336. The van der Waals surface area contributed by atoms with E-state index >= 15 is 0 Å². The highest BCUT2D eigenvalue weighted by Gasteiger charge is 2.25. The Bertz CT molecular complexity index is 1320. The van der Waals surface area contributed by atoms with Gasteiger partial charge in [-0.1, -0.05) is 39.7 Å². The minimum absolute atomic E-state index is 0.0159. The molecule has 0 unspecified atom stereocenters. The van der Waals surface area contributed by atoms with Crippen molar-refractivity contribution in [3.63, 3.8) is 0 Å². The van der Waals surface area contributed by atoms with Crippen molar-refractivity contribution in [1.29, 1.82) is 0 Å². The van der Waals surface area contributed by atoms with Crippen LogP contribution < -0.4 is 10.1 Å². The summed E-state index contributed by atoms with van der Waals surface area (Å²) in [5.74, 6) is -0.843. The molecule has 0 atom stereocenters. The Hall–Kier alpha value is -2.98. The summed E-state index contributed by atoms with van der Waals surface area (Å²) in [6, 6.07) is 16.8. The molecule has 1 fully saturated rings. The number of anilines is 1. The van der Waals surface area contributed by atoms with E-state index in [-0.39, 0.29) is 6.54 Å². The number of nitrogens with zero attached hydrogens (tertiary/aromatic N) is 3. The second-order valence-corrected chi connectivity index (χ2v) is 10.9. The molecule has 206 valence electrons. The summed E-state index contributed by atoms with van der Waals surface area (Å²) < 4.78 is 21.2. The largest absolute Gasteiger partial charge is 0.457 e. The SMILES string of the molecule is Cc1ccc(NC(=O)C(=O)N(CCN2CCN(C)CC2)Cc2ccc(Br)cc2F)cc1Oc1ccc(Cl)cc1. The van der Waals surface area contributed by atoms with Crippen LogP contribution in [0.25, 0.3) is 0 Å². The number of hydrogen-bond acceptors (Lipinski definition) is 5. The predicted molar refractivity (Wildman–Crippen MR) is 155 cm³/mol. The Morgan fingerprint density at radius 2 is 1.77 bits per heavy atom. The first-order chi connectivity index (χ1) is 18.7. The number of rotatable bonds is 8. The summed E-state index contributed by atoms with van der Waals surface area (Å²) in [6.45, 7) is 6.37. The molecule has 4 rings (SSSR count). The van der Waals surface area contributed by atoms with Crippen LogP contribution in [0, 0.1) is 12.7 Å². The molecule has 10 heteroatoms. The smallest absolute Gasteiger partial charge is 0.313 e. The molecular formula is C29H31BrClFN4O3. The molecule has 39 heavy (non-hydrogen) atoms. The fourth-order valence-electron chi connectivity index (χ4n) is 4.19. The number of amides is 2. The Morgan fingerprint density at radius 3 is 2.46 bits per heavy atom. The van der Waals surface area contributed by atoms with Gasteiger partial charge in [0.05, 0.1) is 0 Å². The average Bonchev–Trinajstić information content (AvgIpc) is 2.91. The number of hydrogen-bond donors (Lipinski definition) is 1. The maximum absolute atomic E-state index is 14.6.